The summed E-state index contributed by atoms with van der Waals surface area (Å²) in [5.74, 6) is 0.844. The molecule has 1 atom stereocenters. The molecule has 0 bridgehead atoms. The maximum absolute atomic E-state index is 5.48. The summed E-state index contributed by atoms with van der Waals surface area (Å²) in [5.41, 5.74) is 0. The summed E-state index contributed by atoms with van der Waals surface area (Å²) in [6.45, 7) is 4.57. The average molecular weight is 166 g/mol. The summed E-state index contributed by atoms with van der Waals surface area (Å²) in [5, 5.41) is 0. The van der Waals surface area contributed by atoms with Crippen LogP contribution in [0, 0.1) is 5.92 Å². The van der Waals surface area contributed by atoms with Crippen LogP contribution in [0.15, 0.2) is 0 Å². The zero-order valence-electron chi connectivity index (χ0n) is 8.81. The highest BCUT2D eigenvalue weighted by atomic mass is 14.0. The van der Waals surface area contributed by atoms with Gasteiger partial charge in [-0.05, 0) is 5.92 Å². The van der Waals surface area contributed by atoms with Gasteiger partial charge >= 0.3 is 0 Å². The Morgan fingerprint density at radius 2 is 1.67 bits per heavy atom. The van der Waals surface area contributed by atoms with E-state index in [1.54, 1.807) is 0 Å². The fourth-order valence-electron chi connectivity index (χ4n) is 1.53. The SMILES string of the molecule is [B]CCC(C)CCCCCCC. The largest absolute Gasteiger partial charge is 0.0884 e. The Morgan fingerprint density at radius 3 is 2.25 bits per heavy atom. The lowest BCUT2D eigenvalue weighted by Crippen LogP contribution is -1.93. The summed E-state index contributed by atoms with van der Waals surface area (Å²) in [6.07, 6.45) is 10.4. The van der Waals surface area contributed by atoms with Gasteiger partial charge in [0.15, 0.2) is 0 Å². The van der Waals surface area contributed by atoms with Crippen molar-refractivity contribution in [1.82, 2.24) is 0 Å². The highest BCUT2D eigenvalue weighted by molar-refractivity contribution is 6.08. The van der Waals surface area contributed by atoms with E-state index in [4.69, 9.17) is 7.85 Å². The quantitative estimate of drug-likeness (QED) is 0.378. The van der Waals surface area contributed by atoms with Crippen LogP contribution in [-0.4, -0.2) is 7.85 Å². The molecule has 0 nitrogen and oxygen atoms in total. The Labute approximate surface area is 79.5 Å². The van der Waals surface area contributed by atoms with E-state index >= 15 is 0 Å². The molecule has 12 heavy (non-hydrogen) atoms. The van der Waals surface area contributed by atoms with E-state index in [1.807, 2.05) is 0 Å². The van der Waals surface area contributed by atoms with E-state index in [0.29, 0.717) is 0 Å². The van der Waals surface area contributed by atoms with Crippen LogP contribution in [0.3, 0.4) is 0 Å². The molecular weight excluding hydrogens is 143 g/mol. The molecule has 0 heterocycles. The Morgan fingerprint density at radius 1 is 1.00 bits per heavy atom. The van der Waals surface area contributed by atoms with Crippen LogP contribution < -0.4 is 0 Å². The minimum absolute atomic E-state index is 0.844. The molecule has 1 unspecified atom stereocenters. The minimum atomic E-state index is 0.844. The van der Waals surface area contributed by atoms with E-state index in [2.05, 4.69) is 13.8 Å². The van der Waals surface area contributed by atoms with E-state index in [0.717, 1.165) is 12.2 Å². The fourth-order valence-corrected chi connectivity index (χ4v) is 1.53. The number of hydrogen-bond acceptors (Lipinski definition) is 0. The van der Waals surface area contributed by atoms with Gasteiger partial charge < -0.3 is 0 Å². The summed E-state index contributed by atoms with van der Waals surface area (Å²) >= 11 is 0. The van der Waals surface area contributed by atoms with Gasteiger partial charge in [0.1, 0.15) is 0 Å². The summed E-state index contributed by atoms with van der Waals surface area (Å²) in [7, 11) is 5.48. The summed E-state index contributed by atoms with van der Waals surface area (Å²) in [4.78, 5) is 0. The van der Waals surface area contributed by atoms with Gasteiger partial charge in [0.2, 0.25) is 0 Å². The van der Waals surface area contributed by atoms with Gasteiger partial charge in [-0.15, -0.1) is 0 Å². The van der Waals surface area contributed by atoms with Crippen molar-refractivity contribution in [2.75, 3.05) is 0 Å². The van der Waals surface area contributed by atoms with Gasteiger partial charge in [0.25, 0.3) is 0 Å². The molecule has 0 fully saturated rings. The first-order valence-corrected chi connectivity index (χ1v) is 5.51. The van der Waals surface area contributed by atoms with Crippen molar-refractivity contribution in [2.45, 2.75) is 65.1 Å². The van der Waals surface area contributed by atoms with Crippen LogP contribution in [0.5, 0.6) is 0 Å². The van der Waals surface area contributed by atoms with Crippen LogP contribution >= 0.6 is 0 Å². The van der Waals surface area contributed by atoms with Crippen LogP contribution in [-0.2, 0) is 0 Å². The standard InChI is InChI=1S/C11H23B/c1-3-4-5-6-7-8-11(2)9-10-12/h11H,3-10H2,1-2H3. The topological polar surface area (TPSA) is 0 Å². The van der Waals surface area contributed by atoms with Gasteiger partial charge in [-0.1, -0.05) is 65.1 Å². The lowest BCUT2D eigenvalue weighted by Gasteiger charge is -2.08. The highest BCUT2D eigenvalue weighted by Gasteiger charge is 1.99. The molecule has 0 saturated heterocycles. The zero-order chi connectivity index (χ0) is 9.23. The Kier molecular flexibility index (Phi) is 9.20. The van der Waals surface area contributed by atoms with E-state index in [-0.39, 0.29) is 0 Å². The minimum Gasteiger partial charge on any atom is -0.0884 e. The maximum Gasteiger partial charge on any atom is 0.0653 e. The van der Waals surface area contributed by atoms with Crippen LogP contribution in [0.1, 0.15) is 58.8 Å². The lowest BCUT2D eigenvalue weighted by molar-refractivity contribution is 0.474. The molecule has 1 heteroatoms. The molecule has 0 amide bonds. The van der Waals surface area contributed by atoms with E-state index in [9.17, 15) is 0 Å². The van der Waals surface area contributed by atoms with Crippen LogP contribution in [0.4, 0.5) is 0 Å². The second-order valence-electron chi connectivity index (χ2n) is 3.89. The fraction of sp³-hybridized carbons (Fsp3) is 1.00. The predicted molar refractivity (Wildman–Crippen MR) is 57.7 cm³/mol. The molecule has 0 spiro atoms. The molecule has 0 N–H and O–H groups in total. The van der Waals surface area contributed by atoms with Crippen molar-refractivity contribution in [1.29, 1.82) is 0 Å². The molecule has 0 aliphatic carbocycles. The molecule has 0 aliphatic heterocycles. The van der Waals surface area contributed by atoms with E-state index in [1.165, 1.54) is 44.9 Å². The number of hydrogen-bond donors (Lipinski definition) is 0. The Hall–Kier alpha value is 0.0649. The molecule has 0 aliphatic rings. The smallest absolute Gasteiger partial charge is 0.0653 e. The van der Waals surface area contributed by atoms with Crippen molar-refractivity contribution in [3.05, 3.63) is 0 Å². The third-order valence-electron chi connectivity index (χ3n) is 2.46. The van der Waals surface area contributed by atoms with E-state index < -0.39 is 0 Å². The zero-order valence-corrected chi connectivity index (χ0v) is 8.81. The monoisotopic (exact) mass is 166 g/mol. The van der Waals surface area contributed by atoms with Gasteiger partial charge in [-0.3, -0.25) is 0 Å². The molecule has 0 saturated carbocycles. The average Bonchev–Trinajstić information content (AvgIpc) is 2.05. The first-order valence-electron chi connectivity index (χ1n) is 5.51. The Balaban J connectivity index is 2.97. The molecular formula is C11H23B. The van der Waals surface area contributed by atoms with Crippen molar-refractivity contribution >= 4 is 7.85 Å². The third-order valence-corrected chi connectivity index (χ3v) is 2.46. The number of rotatable bonds is 8. The van der Waals surface area contributed by atoms with Gasteiger partial charge in [-0.25, -0.2) is 0 Å². The van der Waals surface area contributed by atoms with Crippen molar-refractivity contribution in [2.24, 2.45) is 5.92 Å². The molecule has 70 valence electrons. The lowest BCUT2D eigenvalue weighted by atomic mass is 9.91. The second kappa shape index (κ2) is 9.16. The van der Waals surface area contributed by atoms with Gasteiger partial charge in [0.05, 0.1) is 7.85 Å². The first kappa shape index (κ1) is 12.1. The molecule has 0 aromatic heterocycles. The van der Waals surface area contributed by atoms with Crippen LogP contribution in [0.25, 0.3) is 0 Å². The third kappa shape index (κ3) is 8.16. The summed E-state index contributed by atoms with van der Waals surface area (Å²) < 4.78 is 0. The Bertz CT molecular complexity index is 81.1. The van der Waals surface area contributed by atoms with Gasteiger partial charge in [0, 0.05) is 0 Å². The normalized spacial score (nSPS) is 13.2. The van der Waals surface area contributed by atoms with Crippen molar-refractivity contribution in [3.8, 4) is 0 Å². The number of unbranched alkanes of at least 4 members (excludes halogenated alkanes) is 4. The van der Waals surface area contributed by atoms with Crippen LogP contribution in [0.2, 0.25) is 6.32 Å². The summed E-state index contributed by atoms with van der Waals surface area (Å²) in [6, 6.07) is 0. The maximum atomic E-state index is 5.48. The second-order valence-corrected chi connectivity index (χ2v) is 3.89. The molecule has 0 aromatic carbocycles. The predicted octanol–water partition coefficient (Wildman–Crippen LogP) is 3.96. The highest BCUT2D eigenvalue weighted by Crippen LogP contribution is 2.14. The van der Waals surface area contributed by atoms with Crippen molar-refractivity contribution in [3.63, 3.8) is 0 Å². The molecule has 0 aromatic rings. The molecule has 0 rings (SSSR count). The van der Waals surface area contributed by atoms with Crippen molar-refractivity contribution < 1.29 is 0 Å². The first-order chi connectivity index (χ1) is 5.81. The van der Waals surface area contributed by atoms with Gasteiger partial charge in [-0.2, -0.15) is 0 Å². The molecule has 2 radical (unpaired) electrons.